The van der Waals surface area contributed by atoms with Gasteiger partial charge in [-0.15, -0.1) is 0 Å². The van der Waals surface area contributed by atoms with Crippen molar-refractivity contribution in [1.82, 2.24) is 9.55 Å². The minimum atomic E-state index is 0.355. The molecule has 27 heavy (non-hydrogen) atoms. The predicted molar refractivity (Wildman–Crippen MR) is 118 cm³/mol. The van der Waals surface area contributed by atoms with Gasteiger partial charge in [0.2, 0.25) is 0 Å². The summed E-state index contributed by atoms with van der Waals surface area (Å²) in [6.07, 6.45) is 10.3. The molecule has 0 bridgehead atoms. The maximum absolute atomic E-state index is 6.49. The number of unbranched alkanes of at least 4 members (excludes halogenated alkanes) is 1. The van der Waals surface area contributed by atoms with Crippen LogP contribution in [-0.4, -0.2) is 15.3 Å². The first-order chi connectivity index (χ1) is 13.2. The van der Waals surface area contributed by atoms with E-state index in [1.165, 1.54) is 24.0 Å². The lowest BCUT2D eigenvalue weighted by atomic mass is 10.1. The van der Waals surface area contributed by atoms with Crippen LogP contribution in [0.25, 0.3) is 0 Å². The molecule has 0 spiro atoms. The Bertz CT molecular complexity index is 806. The van der Waals surface area contributed by atoms with Crippen LogP contribution < -0.4 is 0 Å². The average molecular weight is 419 g/mol. The summed E-state index contributed by atoms with van der Waals surface area (Å²) in [5, 5.41) is 1.80. The van der Waals surface area contributed by atoms with Crippen LogP contribution in [0.1, 0.15) is 35.6 Å². The molecule has 0 aliphatic rings. The van der Waals surface area contributed by atoms with Crippen LogP contribution in [0, 0.1) is 0 Å². The first-order valence-corrected chi connectivity index (χ1v) is 11.1. The number of halogens is 2. The molecule has 0 radical (unpaired) electrons. The van der Waals surface area contributed by atoms with Gasteiger partial charge in [0.15, 0.2) is 0 Å². The van der Waals surface area contributed by atoms with Gasteiger partial charge in [-0.25, -0.2) is 4.98 Å². The van der Waals surface area contributed by atoms with Gasteiger partial charge in [0.05, 0.1) is 6.33 Å². The standard InChI is InChI=1S/C22H24Cl2N2S/c23-19-9-10-20(21(24)16-19)22(11-13-26-14-12-25-17-26)27-15-5-4-8-18-6-2-1-3-7-18/h1-3,6-7,9-10,12,14,16-17,22H,4-5,8,11,13,15H2. The van der Waals surface area contributed by atoms with Crippen LogP contribution in [0.3, 0.4) is 0 Å². The second kappa shape index (κ2) is 10.8. The SMILES string of the molecule is Clc1ccc(C(CCn2ccnc2)SCCCCc2ccccc2)c(Cl)c1. The molecule has 5 heteroatoms. The molecular formula is C22H24Cl2N2S. The highest BCUT2D eigenvalue weighted by molar-refractivity contribution is 7.99. The zero-order valence-electron chi connectivity index (χ0n) is 15.2. The second-order valence-corrected chi connectivity index (χ2v) is 8.71. The van der Waals surface area contributed by atoms with E-state index in [9.17, 15) is 0 Å². The summed E-state index contributed by atoms with van der Waals surface area (Å²) < 4.78 is 2.12. The highest BCUT2D eigenvalue weighted by atomic mass is 35.5. The van der Waals surface area contributed by atoms with E-state index in [-0.39, 0.29) is 0 Å². The van der Waals surface area contributed by atoms with E-state index in [1.54, 1.807) is 0 Å². The Morgan fingerprint density at radius 2 is 1.89 bits per heavy atom. The molecule has 0 aliphatic heterocycles. The van der Waals surface area contributed by atoms with Crippen molar-refractivity contribution in [2.75, 3.05) is 5.75 Å². The lowest BCUT2D eigenvalue weighted by molar-refractivity contribution is 0.634. The maximum atomic E-state index is 6.49. The van der Waals surface area contributed by atoms with Crippen LogP contribution >= 0.6 is 35.0 Å². The van der Waals surface area contributed by atoms with Crippen molar-refractivity contribution in [2.45, 2.75) is 37.5 Å². The smallest absolute Gasteiger partial charge is 0.0945 e. The Balaban J connectivity index is 1.54. The molecule has 0 fully saturated rings. The van der Waals surface area contributed by atoms with Gasteiger partial charge in [0.25, 0.3) is 0 Å². The minimum absolute atomic E-state index is 0.355. The molecular weight excluding hydrogens is 395 g/mol. The van der Waals surface area contributed by atoms with Gasteiger partial charge < -0.3 is 4.57 Å². The van der Waals surface area contributed by atoms with E-state index in [1.807, 2.05) is 42.6 Å². The van der Waals surface area contributed by atoms with Crippen molar-refractivity contribution >= 4 is 35.0 Å². The Morgan fingerprint density at radius 3 is 2.63 bits per heavy atom. The normalized spacial score (nSPS) is 12.2. The maximum Gasteiger partial charge on any atom is 0.0945 e. The summed E-state index contributed by atoms with van der Waals surface area (Å²) >= 11 is 14.6. The zero-order chi connectivity index (χ0) is 18.9. The molecule has 1 aromatic heterocycles. The van der Waals surface area contributed by atoms with Gasteiger partial charge in [-0.1, -0.05) is 59.6 Å². The number of hydrogen-bond donors (Lipinski definition) is 0. The molecule has 3 aromatic rings. The summed E-state index contributed by atoms with van der Waals surface area (Å²) in [5.74, 6) is 1.13. The molecule has 1 unspecified atom stereocenters. The fourth-order valence-corrected chi connectivity index (χ4v) is 5.00. The van der Waals surface area contributed by atoms with Crippen molar-refractivity contribution in [3.05, 3.63) is 88.4 Å². The molecule has 2 aromatic carbocycles. The van der Waals surface area contributed by atoms with Gasteiger partial charge in [-0.3, -0.25) is 0 Å². The lowest BCUT2D eigenvalue weighted by Crippen LogP contribution is -2.03. The number of hydrogen-bond acceptors (Lipinski definition) is 2. The molecule has 3 rings (SSSR count). The number of aromatic nitrogens is 2. The quantitative estimate of drug-likeness (QED) is 0.327. The Hall–Kier alpha value is -1.42. The van der Waals surface area contributed by atoms with Crippen molar-refractivity contribution in [2.24, 2.45) is 0 Å². The van der Waals surface area contributed by atoms with E-state index in [0.29, 0.717) is 10.3 Å². The highest BCUT2D eigenvalue weighted by Crippen LogP contribution is 2.38. The van der Waals surface area contributed by atoms with E-state index < -0.39 is 0 Å². The molecule has 1 atom stereocenters. The van der Waals surface area contributed by atoms with Gasteiger partial charge in [-0.2, -0.15) is 11.8 Å². The number of rotatable bonds is 10. The third kappa shape index (κ3) is 6.60. The van der Waals surface area contributed by atoms with Gasteiger partial charge in [-0.05, 0) is 54.7 Å². The molecule has 0 amide bonds. The highest BCUT2D eigenvalue weighted by Gasteiger charge is 2.16. The number of benzene rings is 2. The first-order valence-electron chi connectivity index (χ1n) is 9.28. The number of nitrogens with zero attached hydrogens (tertiary/aromatic N) is 2. The second-order valence-electron chi connectivity index (χ2n) is 6.56. The summed E-state index contributed by atoms with van der Waals surface area (Å²) in [4.78, 5) is 4.13. The van der Waals surface area contributed by atoms with Crippen molar-refractivity contribution < 1.29 is 0 Å². The van der Waals surface area contributed by atoms with E-state index >= 15 is 0 Å². The predicted octanol–water partition coefficient (Wildman–Crippen LogP) is 7.08. The monoisotopic (exact) mass is 418 g/mol. The van der Waals surface area contributed by atoms with Crippen molar-refractivity contribution in [3.63, 3.8) is 0 Å². The Labute approximate surface area is 175 Å². The average Bonchev–Trinajstić information content (AvgIpc) is 3.19. The molecule has 0 aliphatic carbocycles. The van der Waals surface area contributed by atoms with Gasteiger partial charge in [0, 0.05) is 34.2 Å². The molecule has 142 valence electrons. The summed E-state index contributed by atoms with van der Waals surface area (Å²) in [7, 11) is 0. The van der Waals surface area contributed by atoms with Gasteiger partial charge in [0.1, 0.15) is 0 Å². The third-order valence-corrected chi connectivity index (χ3v) is 6.52. The fourth-order valence-electron chi connectivity index (χ4n) is 3.08. The molecule has 0 saturated heterocycles. The van der Waals surface area contributed by atoms with Crippen LogP contribution in [0.15, 0.2) is 67.3 Å². The number of aryl methyl sites for hydroxylation is 2. The molecule has 0 saturated carbocycles. The summed E-state index contributed by atoms with van der Waals surface area (Å²) in [6, 6.07) is 16.5. The first kappa shape index (κ1) is 20.3. The molecule has 0 N–H and O–H groups in total. The minimum Gasteiger partial charge on any atom is -0.337 e. The Kier molecular flexibility index (Phi) is 8.12. The largest absolute Gasteiger partial charge is 0.337 e. The number of thioether (sulfide) groups is 1. The van der Waals surface area contributed by atoms with Crippen LogP contribution in [0.5, 0.6) is 0 Å². The van der Waals surface area contributed by atoms with Crippen molar-refractivity contribution in [3.8, 4) is 0 Å². The summed E-state index contributed by atoms with van der Waals surface area (Å²) in [6.45, 7) is 0.931. The topological polar surface area (TPSA) is 17.8 Å². The molecule has 2 nitrogen and oxygen atoms in total. The van der Waals surface area contributed by atoms with Crippen LogP contribution in [0.4, 0.5) is 0 Å². The number of imidazole rings is 1. The lowest BCUT2D eigenvalue weighted by Gasteiger charge is -2.19. The Morgan fingerprint density at radius 1 is 1.04 bits per heavy atom. The molecule has 1 heterocycles. The zero-order valence-corrected chi connectivity index (χ0v) is 17.6. The van der Waals surface area contributed by atoms with Crippen molar-refractivity contribution in [1.29, 1.82) is 0 Å². The van der Waals surface area contributed by atoms with E-state index in [2.05, 4.69) is 45.9 Å². The summed E-state index contributed by atoms with van der Waals surface area (Å²) in [5.41, 5.74) is 2.59. The van der Waals surface area contributed by atoms with E-state index in [0.717, 1.165) is 30.2 Å². The fraction of sp³-hybridized carbons (Fsp3) is 0.318. The van der Waals surface area contributed by atoms with Gasteiger partial charge >= 0.3 is 0 Å². The van der Waals surface area contributed by atoms with Crippen LogP contribution in [-0.2, 0) is 13.0 Å². The van der Waals surface area contributed by atoms with E-state index in [4.69, 9.17) is 23.2 Å². The third-order valence-electron chi connectivity index (χ3n) is 4.54. The van der Waals surface area contributed by atoms with Crippen LogP contribution in [0.2, 0.25) is 10.0 Å².